The molecule has 0 N–H and O–H groups in total. The third-order valence-electron chi connectivity index (χ3n) is 2.18. The molecular weight excluding hydrogens is 104 g/mol. The molecule has 2 unspecified atom stereocenters. The summed E-state index contributed by atoms with van der Waals surface area (Å²) >= 11 is 0. The van der Waals surface area contributed by atoms with E-state index in [9.17, 15) is 4.79 Å². The lowest BCUT2D eigenvalue weighted by atomic mass is 10.1. The SMILES string of the molecule is CC12COC(=O)C1C2. The first-order valence-corrected chi connectivity index (χ1v) is 2.89. The van der Waals surface area contributed by atoms with Crippen molar-refractivity contribution in [2.45, 2.75) is 13.3 Å². The summed E-state index contributed by atoms with van der Waals surface area (Å²) < 4.78 is 4.78. The van der Waals surface area contributed by atoms with Gasteiger partial charge in [0.2, 0.25) is 0 Å². The first kappa shape index (κ1) is 4.36. The van der Waals surface area contributed by atoms with Gasteiger partial charge in [-0.15, -0.1) is 0 Å². The second-order valence-corrected chi connectivity index (χ2v) is 3.02. The number of fused-ring (bicyclic) bond motifs is 1. The smallest absolute Gasteiger partial charge is 0.309 e. The van der Waals surface area contributed by atoms with Gasteiger partial charge in [0.25, 0.3) is 0 Å². The largest absolute Gasteiger partial charge is 0.465 e. The van der Waals surface area contributed by atoms with Crippen LogP contribution in [0.15, 0.2) is 0 Å². The Morgan fingerprint density at radius 2 is 2.62 bits per heavy atom. The van der Waals surface area contributed by atoms with Crippen molar-refractivity contribution in [3.05, 3.63) is 0 Å². The van der Waals surface area contributed by atoms with Crippen molar-refractivity contribution in [2.75, 3.05) is 6.61 Å². The Bertz CT molecular complexity index is 153. The van der Waals surface area contributed by atoms with Gasteiger partial charge in [-0.1, -0.05) is 6.92 Å². The lowest BCUT2D eigenvalue weighted by Crippen LogP contribution is -1.99. The lowest BCUT2D eigenvalue weighted by molar-refractivity contribution is -0.141. The maximum Gasteiger partial charge on any atom is 0.309 e. The van der Waals surface area contributed by atoms with Crippen molar-refractivity contribution in [2.24, 2.45) is 11.3 Å². The summed E-state index contributed by atoms with van der Waals surface area (Å²) in [5.41, 5.74) is 0.261. The molecule has 0 amide bonds. The highest BCUT2D eigenvalue weighted by molar-refractivity contribution is 5.79. The van der Waals surface area contributed by atoms with Crippen LogP contribution in [0.2, 0.25) is 0 Å². The van der Waals surface area contributed by atoms with Crippen LogP contribution in [0.25, 0.3) is 0 Å². The molecule has 0 aromatic rings. The highest BCUT2D eigenvalue weighted by Gasteiger charge is 2.61. The normalized spacial score (nSPS) is 50.6. The summed E-state index contributed by atoms with van der Waals surface area (Å²) in [5, 5.41) is 0. The number of cyclic esters (lactones) is 1. The van der Waals surface area contributed by atoms with Crippen LogP contribution in [0.4, 0.5) is 0 Å². The number of carbonyl (C=O) groups is 1. The Hall–Kier alpha value is -0.530. The lowest BCUT2D eigenvalue weighted by Gasteiger charge is -1.97. The van der Waals surface area contributed by atoms with Gasteiger partial charge in [0.15, 0.2) is 0 Å². The minimum atomic E-state index is 0.0208. The molecule has 1 saturated carbocycles. The molecule has 0 bridgehead atoms. The molecule has 1 aliphatic carbocycles. The Balaban J connectivity index is 2.26. The highest BCUT2D eigenvalue weighted by atomic mass is 16.5. The van der Waals surface area contributed by atoms with Crippen LogP contribution in [0.3, 0.4) is 0 Å². The number of rotatable bonds is 0. The van der Waals surface area contributed by atoms with Gasteiger partial charge >= 0.3 is 5.97 Å². The van der Waals surface area contributed by atoms with Gasteiger partial charge in [0, 0.05) is 5.41 Å². The molecule has 0 aromatic heterocycles. The van der Waals surface area contributed by atoms with E-state index in [0.29, 0.717) is 6.61 Å². The third-order valence-corrected chi connectivity index (χ3v) is 2.18. The second kappa shape index (κ2) is 0.925. The fourth-order valence-corrected chi connectivity index (χ4v) is 1.27. The van der Waals surface area contributed by atoms with E-state index in [-0.39, 0.29) is 17.3 Å². The van der Waals surface area contributed by atoms with Gasteiger partial charge in [-0.3, -0.25) is 4.79 Å². The average molecular weight is 112 g/mol. The van der Waals surface area contributed by atoms with Crippen molar-refractivity contribution in [3.63, 3.8) is 0 Å². The Morgan fingerprint density at radius 3 is 2.75 bits per heavy atom. The van der Waals surface area contributed by atoms with Crippen LogP contribution in [0.1, 0.15) is 13.3 Å². The van der Waals surface area contributed by atoms with E-state index in [4.69, 9.17) is 4.74 Å². The minimum Gasteiger partial charge on any atom is -0.465 e. The average Bonchev–Trinajstić information content (AvgIpc) is 2.32. The number of esters is 1. The number of carbonyl (C=O) groups excluding carboxylic acids is 1. The van der Waals surface area contributed by atoms with Crippen molar-refractivity contribution in [1.82, 2.24) is 0 Å². The van der Waals surface area contributed by atoms with Crippen LogP contribution in [-0.2, 0) is 9.53 Å². The summed E-state index contributed by atoms with van der Waals surface area (Å²) in [5.74, 6) is 0.287. The van der Waals surface area contributed by atoms with E-state index >= 15 is 0 Å². The summed E-state index contributed by atoms with van der Waals surface area (Å²) in [6.45, 7) is 2.76. The van der Waals surface area contributed by atoms with Crippen molar-refractivity contribution >= 4 is 5.97 Å². The Kier molecular flexibility index (Phi) is 0.504. The van der Waals surface area contributed by atoms with Gasteiger partial charge in [0.05, 0.1) is 12.5 Å². The summed E-state index contributed by atoms with van der Waals surface area (Å²) in [6, 6.07) is 0. The Labute approximate surface area is 47.8 Å². The van der Waals surface area contributed by atoms with Gasteiger partial charge in [-0.2, -0.15) is 0 Å². The van der Waals surface area contributed by atoms with Crippen LogP contribution >= 0.6 is 0 Å². The fraction of sp³-hybridized carbons (Fsp3) is 0.833. The zero-order valence-electron chi connectivity index (χ0n) is 4.81. The number of hydrogen-bond acceptors (Lipinski definition) is 2. The summed E-state index contributed by atoms with van der Waals surface area (Å²) in [7, 11) is 0. The van der Waals surface area contributed by atoms with Gasteiger partial charge in [-0.25, -0.2) is 0 Å². The molecule has 1 aliphatic heterocycles. The van der Waals surface area contributed by atoms with E-state index in [1.54, 1.807) is 0 Å². The highest BCUT2D eigenvalue weighted by Crippen LogP contribution is 2.56. The van der Waals surface area contributed by atoms with Crippen LogP contribution in [0.5, 0.6) is 0 Å². The molecule has 2 fully saturated rings. The monoisotopic (exact) mass is 112 g/mol. The first-order valence-electron chi connectivity index (χ1n) is 2.89. The van der Waals surface area contributed by atoms with Crippen LogP contribution in [0, 0.1) is 11.3 Å². The van der Waals surface area contributed by atoms with E-state index < -0.39 is 0 Å². The third kappa shape index (κ3) is 0.320. The molecular formula is C6H8O2. The molecule has 0 spiro atoms. The molecule has 2 aliphatic rings. The molecule has 8 heavy (non-hydrogen) atoms. The van der Waals surface area contributed by atoms with E-state index in [2.05, 4.69) is 6.92 Å². The zero-order valence-corrected chi connectivity index (χ0v) is 4.81. The maximum atomic E-state index is 10.6. The van der Waals surface area contributed by atoms with Crippen LogP contribution in [-0.4, -0.2) is 12.6 Å². The molecule has 2 atom stereocenters. The summed E-state index contributed by atoms with van der Waals surface area (Å²) in [6.07, 6.45) is 1.06. The van der Waals surface area contributed by atoms with Gasteiger partial charge < -0.3 is 4.74 Å². The molecule has 1 heterocycles. The van der Waals surface area contributed by atoms with Crippen molar-refractivity contribution in [1.29, 1.82) is 0 Å². The quantitative estimate of drug-likeness (QED) is 0.428. The molecule has 1 saturated heterocycles. The predicted molar refractivity (Wildman–Crippen MR) is 27.2 cm³/mol. The first-order chi connectivity index (χ1) is 3.72. The summed E-state index contributed by atoms with van der Waals surface area (Å²) in [4.78, 5) is 10.6. The maximum absolute atomic E-state index is 10.6. The zero-order chi connectivity index (χ0) is 5.78. The van der Waals surface area contributed by atoms with Gasteiger partial charge in [0.1, 0.15) is 0 Å². The van der Waals surface area contributed by atoms with Crippen molar-refractivity contribution in [3.8, 4) is 0 Å². The van der Waals surface area contributed by atoms with E-state index in [0.717, 1.165) is 6.42 Å². The number of ether oxygens (including phenoxy) is 1. The van der Waals surface area contributed by atoms with Crippen LogP contribution < -0.4 is 0 Å². The minimum absolute atomic E-state index is 0.0208. The second-order valence-electron chi connectivity index (χ2n) is 3.02. The molecule has 2 rings (SSSR count). The molecule has 44 valence electrons. The standard InChI is InChI=1S/C6H8O2/c1-6-2-4(6)5(7)8-3-6/h4H,2-3H2,1H3. The predicted octanol–water partition coefficient (Wildman–Crippen LogP) is 0.569. The molecule has 2 nitrogen and oxygen atoms in total. The molecule has 0 radical (unpaired) electrons. The fourth-order valence-electron chi connectivity index (χ4n) is 1.27. The molecule has 2 heteroatoms. The Morgan fingerprint density at radius 1 is 1.88 bits per heavy atom. The number of hydrogen-bond donors (Lipinski definition) is 0. The van der Waals surface area contributed by atoms with E-state index in [1.807, 2.05) is 0 Å². The van der Waals surface area contributed by atoms with E-state index in [1.165, 1.54) is 0 Å². The van der Waals surface area contributed by atoms with Gasteiger partial charge in [-0.05, 0) is 6.42 Å². The molecule has 0 aromatic carbocycles. The topological polar surface area (TPSA) is 26.3 Å². The van der Waals surface area contributed by atoms with Crippen molar-refractivity contribution < 1.29 is 9.53 Å².